The Balaban J connectivity index is 1.92. The highest BCUT2D eigenvalue weighted by molar-refractivity contribution is 14.1. The van der Waals surface area contributed by atoms with E-state index in [-0.39, 0.29) is 10.6 Å². The average molecular weight is 462 g/mol. The van der Waals surface area contributed by atoms with Gasteiger partial charge in [0.25, 0.3) is 10.1 Å². The Bertz CT molecular complexity index is 860. The van der Waals surface area contributed by atoms with Gasteiger partial charge >= 0.3 is 11.9 Å². The topological polar surface area (TPSA) is 107 Å². The van der Waals surface area contributed by atoms with Crippen LogP contribution in [0.15, 0.2) is 53.4 Å². The largest absolute Gasteiger partial charge is 0.450 e. The fourth-order valence-corrected chi connectivity index (χ4v) is 2.76. The summed E-state index contributed by atoms with van der Waals surface area (Å²) in [5, 5.41) is 0. The minimum atomic E-state index is -4.31. The quantitative estimate of drug-likeness (QED) is 0.315. The molecule has 0 heterocycles. The maximum Gasteiger partial charge on any atom is 0.349 e. The minimum absolute atomic E-state index is 0.0535. The van der Waals surface area contributed by atoms with Crippen molar-refractivity contribution in [3.63, 3.8) is 0 Å². The van der Waals surface area contributed by atoms with Gasteiger partial charge in [-0.2, -0.15) is 8.42 Å². The van der Waals surface area contributed by atoms with Gasteiger partial charge in [-0.05, 0) is 59.0 Å². The van der Waals surface area contributed by atoms with E-state index in [0.29, 0.717) is 9.13 Å². The van der Waals surface area contributed by atoms with Crippen molar-refractivity contribution in [1.82, 2.24) is 0 Å². The molecule has 2 rings (SSSR count). The highest BCUT2D eigenvalue weighted by atomic mass is 127. The molecule has 0 bridgehead atoms. The molecule has 0 saturated heterocycles. The molecule has 126 valence electrons. The Hall–Kier alpha value is -1.98. The minimum Gasteiger partial charge on any atom is -0.450 e. The second-order valence-electron chi connectivity index (χ2n) is 4.48. The second-order valence-corrected chi connectivity index (χ2v) is 7.06. The lowest BCUT2D eigenvalue weighted by molar-refractivity contribution is -0.137. The summed E-state index contributed by atoms with van der Waals surface area (Å²) in [6.45, 7) is -0.593. The summed E-state index contributed by atoms with van der Waals surface area (Å²) in [6, 6.07) is 11.3. The molecule has 1 N–H and O–H groups in total. The monoisotopic (exact) mass is 462 g/mol. The number of ether oxygens (including phenoxy) is 2. The van der Waals surface area contributed by atoms with E-state index in [1.165, 1.54) is 12.1 Å². The van der Waals surface area contributed by atoms with Crippen LogP contribution in [-0.2, 0) is 19.6 Å². The number of hydrogen-bond acceptors (Lipinski definition) is 6. The third-order valence-corrected chi connectivity index (χ3v) is 4.58. The van der Waals surface area contributed by atoms with Crippen LogP contribution in [0.25, 0.3) is 0 Å². The molecule has 0 aliphatic rings. The zero-order valence-electron chi connectivity index (χ0n) is 12.0. The molecule has 2 aromatic rings. The van der Waals surface area contributed by atoms with Crippen molar-refractivity contribution in [1.29, 1.82) is 0 Å². The first-order valence-corrected chi connectivity index (χ1v) is 8.99. The van der Waals surface area contributed by atoms with Gasteiger partial charge in [-0.3, -0.25) is 4.55 Å². The molecule has 9 heteroatoms. The number of benzene rings is 2. The van der Waals surface area contributed by atoms with E-state index in [2.05, 4.69) is 0 Å². The van der Waals surface area contributed by atoms with Gasteiger partial charge in [-0.25, -0.2) is 9.59 Å². The normalized spacial score (nSPS) is 10.9. The number of hydrogen-bond donors (Lipinski definition) is 1. The number of esters is 2. The summed E-state index contributed by atoms with van der Waals surface area (Å²) in [5.74, 6) is -1.43. The first-order chi connectivity index (χ1) is 11.3. The number of carbonyl (C=O) groups excluding carboxylic acids is 2. The molecule has 0 aliphatic carbocycles. The van der Waals surface area contributed by atoms with Crippen molar-refractivity contribution < 1.29 is 32.0 Å². The first-order valence-electron chi connectivity index (χ1n) is 6.47. The SMILES string of the molecule is O=C(COC(=O)c1ccccc1I)Oc1ccc(S(=O)(=O)O)cc1. The molecule has 0 aliphatic heterocycles. The highest BCUT2D eigenvalue weighted by Gasteiger charge is 2.14. The Labute approximate surface area is 151 Å². The van der Waals surface area contributed by atoms with Crippen LogP contribution in [0.1, 0.15) is 10.4 Å². The average Bonchev–Trinajstić information content (AvgIpc) is 2.53. The predicted octanol–water partition coefficient (Wildman–Crippen LogP) is 2.30. The Kier molecular flexibility index (Phi) is 5.91. The van der Waals surface area contributed by atoms with E-state index in [1.807, 2.05) is 22.6 Å². The van der Waals surface area contributed by atoms with Gasteiger partial charge in [0.15, 0.2) is 6.61 Å². The summed E-state index contributed by atoms with van der Waals surface area (Å²) in [4.78, 5) is 23.2. The first kappa shape index (κ1) is 18.4. The number of halogens is 1. The summed E-state index contributed by atoms with van der Waals surface area (Å²) < 4.78 is 41.1. The van der Waals surface area contributed by atoms with E-state index in [0.717, 1.165) is 12.1 Å². The van der Waals surface area contributed by atoms with Crippen LogP contribution >= 0.6 is 22.6 Å². The van der Waals surface area contributed by atoms with Crippen LogP contribution in [-0.4, -0.2) is 31.5 Å². The van der Waals surface area contributed by atoms with Gasteiger partial charge in [0.05, 0.1) is 10.5 Å². The van der Waals surface area contributed by atoms with Crippen LogP contribution in [0.2, 0.25) is 0 Å². The van der Waals surface area contributed by atoms with E-state index in [9.17, 15) is 18.0 Å². The Morgan fingerprint density at radius 2 is 1.67 bits per heavy atom. The van der Waals surface area contributed by atoms with Crippen LogP contribution in [0.3, 0.4) is 0 Å². The summed E-state index contributed by atoms with van der Waals surface area (Å²) in [6.07, 6.45) is 0. The fraction of sp³-hybridized carbons (Fsp3) is 0.0667. The molecule has 2 aromatic carbocycles. The summed E-state index contributed by atoms with van der Waals surface area (Å²) in [7, 11) is -4.31. The molecule has 0 unspecified atom stereocenters. The van der Waals surface area contributed by atoms with Crippen molar-refractivity contribution in [2.24, 2.45) is 0 Å². The highest BCUT2D eigenvalue weighted by Crippen LogP contribution is 2.16. The maximum absolute atomic E-state index is 11.8. The number of rotatable bonds is 5. The lowest BCUT2D eigenvalue weighted by Gasteiger charge is -2.07. The summed E-state index contributed by atoms with van der Waals surface area (Å²) >= 11 is 1.97. The third-order valence-electron chi connectivity index (χ3n) is 2.77. The molecule has 0 radical (unpaired) electrons. The predicted molar refractivity (Wildman–Crippen MR) is 91.3 cm³/mol. The molecule has 0 atom stereocenters. The lowest BCUT2D eigenvalue weighted by atomic mass is 10.2. The van der Waals surface area contributed by atoms with Crippen LogP contribution in [0.5, 0.6) is 5.75 Å². The smallest absolute Gasteiger partial charge is 0.349 e. The zero-order valence-corrected chi connectivity index (χ0v) is 15.0. The second kappa shape index (κ2) is 7.73. The Morgan fingerprint density at radius 3 is 2.25 bits per heavy atom. The standard InChI is InChI=1S/C15H11IO7S/c16-13-4-2-1-3-12(13)15(18)22-9-14(17)23-10-5-7-11(8-6-10)24(19,20)21/h1-8H,9H2,(H,19,20,21). The van der Waals surface area contributed by atoms with E-state index >= 15 is 0 Å². The fourth-order valence-electron chi connectivity index (χ4n) is 1.67. The molecular formula is C15H11IO7S. The Morgan fingerprint density at radius 1 is 1.04 bits per heavy atom. The van der Waals surface area contributed by atoms with Gasteiger partial charge in [-0.1, -0.05) is 12.1 Å². The molecule has 7 nitrogen and oxygen atoms in total. The van der Waals surface area contributed by atoms with E-state index < -0.39 is 28.7 Å². The molecule has 24 heavy (non-hydrogen) atoms. The zero-order chi connectivity index (χ0) is 17.7. The van der Waals surface area contributed by atoms with Gasteiger partial charge in [0, 0.05) is 3.57 Å². The summed E-state index contributed by atoms with van der Waals surface area (Å²) in [5.41, 5.74) is 0.336. The van der Waals surface area contributed by atoms with Gasteiger partial charge in [0.1, 0.15) is 5.75 Å². The van der Waals surface area contributed by atoms with Crippen molar-refractivity contribution in [2.75, 3.05) is 6.61 Å². The lowest BCUT2D eigenvalue weighted by Crippen LogP contribution is -2.19. The van der Waals surface area contributed by atoms with Crippen molar-refractivity contribution in [3.05, 3.63) is 57.7 Å². The number of carbonyl (C=O) groups is 2. The van der Waals surface area contributed by atoms with E-state index in [4.69, 9.17) is 14.0 Å². The van der Waals surface area contributed by atoms with E-state index in [1.54, 1.807) is 24.3 Å². The molecule has 0 amide bonds. The van der Waals surface area contributed by atoms with Gasteiger partial charge in [-0.15, -0.1) is 0 Å². The van der Waals surface area contributed by atoms with Crippen molar-refractivity contribution >= 4 is 44.6 Å². The van der Waals surface area contributed by atoms with Crippen molar-refractivity contribution in [3.8, 4) is 5.75 Å². The maximum atomic E-state index is 11.8. The molecule has 0 fully saturated rings. The van der Waals surface area contributed by atoms with Crippen LogP contribution < -0.4 is 4.74 Å². The molecule has 0 saturated carbocycles. The van der Waals surface area contributed by atoms with Gasteiger partial charge in [0.2, 0.25) is 0 Å². The third kappa shape index (κ3) is 5.01. The molecule has 0 aromatic heterocycles. The van der Waals surface area contributed by atoms with Crippen LogP contribution in [0.4, 0.5) is 0 Å². The van der Waals surface area contributed by atoms with Crippen LogP contribution in [0, 0.1) is 3.57 Å². The molecular weight excluding hydrogens is 451 g/mol. The van der Waals surface area contributed by atoms with Crippen molar-refractivity contribution in [2.45, 2.75) is 4.90 Å². The molecule has 0 spiro atoms. The van der Waals surface area contributed by atoms with Gasteiger partial charge < -0.3 is 9.47 Å².